The highest BCUT2D eigenvalue weighted by atomic mass is 16.5. The van der Waals surface area contributed by atoms with E-state index in [0.29, 0.717) is 12.5 Å². The number of benzene rings is 2. The highest BCUT2D eigenvalue weighted by molar-refractivity contribution is 5.88. The minimum atomic E-state index is -0.577. The van der Waals surface area contributed by atoms with E-state index in [0.717, 1.165) is 48.1 Å². The first-order chi connectivity index (χ1) is 15.4. The average Bonchev–Trinajstić information content (AvgIpc) is 3.29. The fourth-order valence-corrected chi connectivity index (χ4v) is 4.26. The second kappa shape index (κ2) is 11.2. The maximum Gasteiger partial charge on any atom is 0.261 e. The van der Waals surface area contributed by atoms with Gasteiger partial charge in [-0.15, -0.1) is 0 Å². The molecule has 172 valence electrons. The first kappa shape index (κ1) is 23.8. The molecule has 1 N–H and O–H groups in total. The lowest BCUT2D eigenvalue weighted by molar-refractivity contribution is -0.142. The molecule has 5 heteroatoms. The zero-order valence-corrected chi connectivity index (χ0v) is 19.8. The molecule has 2 amide bonds. The molecule has 1 aliphatic carbocycles. The molecule has 2 aromatic carbocycles. The first-order valence-electron chi connectivity index (χ1n) is 11.7. The summed E-state index contributed by atoms with van der Waals surface area (Å²) in [6.07, 6.45) is 4.32. The maximum atomic E-state index is 13.3. The van der Waals surface area contributed by atoms with Gasteiger partial charge in [-0.2, -0.15) is 0 Å². The van der Waals surface area contributed by atoms with Crippen LogP contribution in [0, 0.1) is 6.92 Å². The van der Waals surface area contributed by atoms with Crippen molar-refractivity contribution in [1.29, 1.82) is 0 Å². The number of aryl methyl sites for hydroxylation is 1. The molecule has 1 saturated carbocycles. The van der Waals surface area contributed by atoms with Gasteiger partial charge in [0.15, 0.2) is 6.61 Å². The van der Waals surface area contributed by atoms with E-state index < -0.39 is 6.04 Å². The van der Waals surface area contributed by atoms with E-state index in [1.807, 2.05) is 62.4 Å². The molecule has 1 aliphatic rings. The summed E-state index contributed by atoms with van der Waals surface area (Å²) in [6.45, 7) is 8.31. The number of hydrogen-bond acceptors (Lipinski definition) is 3. The van der Waals surface area contributed by atoms with Crippen molar-refractivity contribution in [3.8, 4) is 5.75 Å². The molecule has 0 aromatic heterocycles. The van der Waals surface area contributed by atoms with Crippen LogP contribution in [0.5, 0.6) is 5.75 Å². The van der Waals surface area contributed by atoms with E-state index in [1.54, 1.807) is 4.90 Å². The Balaban J connectivity index is 1.75. The Morgan fingerprint density at radius 3 is 2.38 bits per heavy atom. The van der Waals surface area contributed by atoms with Crippen LogP contribution in [-0.2, 0) is 16.1 Å². The average molecular weight is 437 g/mol. The molecule has 0 heterocycles. The number of para-hydroxylation sites is 1. The van der Waals surface area contributed by atoms with Crippen LogP contribution in [0.2, 0.25) is 0 Å². The second-order valence-electron chi connectivity index (χ2n) is 9.10. The summed E-state index contributed by atoms with van der Waals surface area (Å²) in [5.74, 6) is 0.720. The predicted molar refractivity (Wildman–Crippen MR) is 128 cm³/mol. The third-order valence-electron chi connectivity index (χ3n) is 6.36. The van der Waals surface area contributed by atoms with Crippen LogP contribution >= 0.6 is 0 Å². The van der Waals surface area contributed by atoms with Crippen molar-refractivity contribution in [2.75, 3.05) is 6.61 Å². The largest absolute Gasteiger partial charge is 0.483 e. The SMILES string of the molecule is Cc1ccccc1CN(C(=O)COc1ccccc1C(C)C)[C@@H](C)C(=O)NC1CCCC1. The Bertz CT molecular complexity index is 919. The highest BCUT2D eigenvalue weighted by Gasteiger charge is 2.29. The first-order valence-corrected chi connectivity index (χ1v) is 11.7. The van der Waals surface area contributed by atoms with Crippen molar-refractivity contribution in [3.63, 3.8) is 0 Å². The van der Waals surface area contributed by atoms with Crippen molar-refractivity contribution >= 4 is 11.8 Å². The molecule has 32 heavy (non-hydrogen) atoms. The van der Waals surface area contributed by atoms with Crippen LogP contribution in [0.1, 0.15) is 69.1 Å². The summed E-state index contributed by atoms with van der Waals surface area (Å²) in [5.41, 5.74) is 3.20. The number of amides is 2. The number of nitrogens with zero attached hydrogens (tertiary/aromatic N) is 1. The standard InChI is InChI=1S/C27H36N2O3/c1-19(2)24-15-9-10-16-25(24)32-18-26(30)29(17-22-12-6-5-11-20(22)3)21(4)27(31)28-23-13-7-8-14-23/h5-6,9-12,15-16,19,21,23H,7-8,13-14,17-18H2,1-4H3,(H,28,31)/t21-/m0/s1. The second-order valence-corrected chi connectivity index (χ2v) is 9.10. The van der Waals surface area contributed by atoms with Crippen molar-refractivity contribution < 1.29 is 14.3 Å². The van der Waals surface area contributed by atoms with Gasteiger partial charge in [-0.25, -0.2) is 0 Å². The van der Waals surface area contributed by atoms with Crippen LogP contribution in [0.15, 0.2) is 48.5 Å². The van der Waals surface area contributed by atoms with Gasteiger partial charge in [-0.1, -0.05) is 69.2 Å². The van der Waals surface area contributed by atoms with Gasteiger partial charge in [-0.3, -0.25) is 9.59 Å². The lowest BCUT2D eigenvalue weighted by atomic mass is 10.0. The van der Waals surface area contributed by atoms with E-state index in [4.69, 9.17) is 4.74 Å². The molecule has 0 aliphatic heterocycles. The lowest BCUT2D eigenvalue weighted by Gasteiger charge is -2.30. The lowest BCUT2D eigenvalue weighted by Crippen LogP contribution is -2.50. The third kappa shape index (κ3) is 6.12. The molecular weight excluding hydrogens is 400 g/mol. The summed E-state index contributed by atoms with van der Waals surface area (Å²) < 4.78 is 5.95. The van der Waals surface area contributed by atoms with Gasteiger partial charge in [0.1, 0.15) is 11.8 Å². The fourth-order valence-electron chi connectivity index (χ4n) is 4.26. The Morgan fingerprint density at radius 1 is 1.03 bits per heavy atom. The quantitative estimate of drug-likeness (QED) is 0.604. The number of rotatable bonds is 9. The Labute approximate surface area is 192 Å². The maximum absolute atomic E-state index is 13.3. The van der Waals surface area contributed by atoms with E-state index in [9.17, 15) is 9.59 Å². The molecule has 0 spiro atoms. The molecule has 0 bridgehead atoms. The Kier molecular flexibility index (Phi) is 8.32. The zero-order chi connectivity index (χ0) is 23.1. The number of ether oxygens (including phenoxy) is 1. The molecule has 5 nitrogen and oxygen atoms in total. The third-order valence-corrected chi connectivity index (χ3v) is 6.36. The van der Waals surface area contributed by atoms with Crippen LogP contribution in [-0.4, -0.2) is 35.4 Å². The van der Waals surface area contributed by atoms with Gasteiger partial charge >= 0.3 is 0 Å². The topological polar surface area (TPSA) is 58.6 Å². The van der Waals surface area contributed by atoms with Gasteiger partial charge in [0.2, 0.25) is 5.91 Å². The predicted octanol–water partition coefficient (Wildman–Crippen LogP) is 4.97. The Morgan fingerprint density at radius 2 is 1.69 bits per heavy atom. The summed E-state index contributed by atoms with van der Waals surface area (Å²) >= 11 is 0. The smallest absolute Gasteiger partial charge is 0.261 e. The van der Waals surface area contributed by atoms with Crippen molar-refractivity contribution in [1.82, 2.24) is 10.2 Å². The van der Waals surface area contributed by atoms with Crippen molar-refractivity contribution in [3.05, 3.63) is 65.2 Å². The van der Waals surface area contributed by atoms with Crippen LogP contribution in [0.25, 0.3) is 0 Å². The van der Waals surface area contributed by atoms with Crippen LogP contribution in [0.4, 0.5) is 0 Å². The van der Waals surface area contributed by atoms with Crippen molar-refractivity contribution in [2.24, 2.45) is 0 Å². The summed E-state index contributed by atoms with van der Waals surface area (Å²) in [7, 11) is 0. The highest BCUT2D eigenvalue weighted by Crippen LogP contribution is 2.26. The van der Waals surface area contributed by atoms with E-state index in [-0.39, 0.29) is 24.5 Å². The number of hydrogen-bond donors (Lipinski definition) is 1. The zero-order valence-electron chi connectivity index (χ0n) is 19.8. The molecule has 3 rings (SSSR count). The molecule has 0 saturated heterocycles. The Hall–Kier alpha value is -2.82. The summed E-state index contributed by atoms with van der Waals surface area (Å²) in [5, 5.41) is 3.14. The normalized spacial score (nSPS) is 14.9. The molecule has 1 fully saturated rings. The molecule has 1 atom stereocenters. The van der Waals surface area contributed by atoms with Gasteiger partial charge in [0, 0.05) is 12.6 Å². The van der Waals surface area contributed by atoms with Crippen LogP contribution in [0.3, 0.4) is 0 Å². The number of carbonyl (C=O) groups is 2. The molecule has 0 unspecified atom stereocenters. The fraction of sp³-hybridized carbons (Fsp3) is 0.481. The van der Waals surface area contributed by atoms with E-state index in [1.165, 1.54) is 0 Å². The van der Waals surface area contributed by atoms with Gasteiger partial charge in [0.05, 0.1) is 0 Å². The van der Waals surface area contributed by atoms with Gasteiger partial charge in [-0.05, 0) is 55.4 Å². The summed E-state index contributed by atoms with van der Waals surface area (Å²) in [4.78, 5) is 28.0. The van der Waals surface area contributed by atoms with Gasteiger partial charge < -0.3 is 15.0 Å². The number of carbonyl (C=O) groups excluding carboxylic acids is 2. The van der Waals surface area contributed by atoms with Crippen molar-refractivity contribution in [2.45, 2.75) is 77.9 Å². The van der Waals surface area contributed by atoms with E-state index >= 15 is 0 Å². The van der Waals surface area contributed by atoms with Gasteiger partial charge in [0.25, 0.3) is 5.91 Å². The monoisotopic (exact) mass is 436 g/mol. The molecule has 2 aromatic rings. The number of nitrogens with one attached hydrogen (secondary N) is 1. The minimum Gasteiger partial charge on any atom is -0.483 e. The molecule has 0 radical (unpaired) electrons. The van der Waals surface area contributed by atoms with Crippen LogP contribution < -0.4 is 10.1 Å². The van der Waals surface area contributed by atoms with E-state index in [2.05, 4.69) is 19.2 Å². The minimum absolute atomic E-state index is 0.0959. The summed E-state index contributed by atoms with van der Waals surface area (Å²) in [6, 6.07) is 15.4. The molecular formula is C27H36N2O3.